The monoisotopic (exact) mass is 346 g/mol. The van der Waals surface area contributed by atoms with Crippen LogP contribution in [0.5, 0.6) is 5.75 Å². The van der Waals surface area contributed by atoms with E-state index < -0.39 is 6.10 Å². The lowest BCUT2D eigenvalue weighted by molar-refractivity contribution is -0.385. The number of ether oxygens (including phenoxy) is 1. The largest absolute Gasteiger partial charge is 0.491 e. The van der Waals surface area contributed by atoms with Crippen LogP contribution < -0.4 is 4.74 Å². The molecule has 7 heteroatoms. The summed E-state index contributed by atoms with van der Waals surface area (Å²) in [6.07, 6.45) is -0.122. The second-order valence-corrected chi connectivity index (χ2v) is 6.08. The average Bonchev–Trinajstić information content (AvgIpc) is 2.60. The second-order valence-electron chi connectivity index (χ2n) is 6.08. The highest BCUT2D eigenvalue weighted by atomic mass is 19.1. The van der Waals surface area contributed by atoms with Crippen molar-refractivity contribution in [3.8, 4) is 5.75 Å². The van der Waals surface area contributed by atoms with E-state index in [4.69, 9.17) is 4.74 Å². The van der Waals surface area contributed by atoms with Gasteiger partial charge in [0, 0.05) is 31.3 Å². The first-order valence-electron chi connectivity index (χ1n) is 8.07. The molecule has 25 heavy (non-hydrogen) atoms. The zero-order chi connectivity index (χ0) is 17.8. The lowest BCUT2D eigenvalue weighted by atomic mass is 9.97. The third-order valence-corrected chi connectivity index (χ3v) is 4.24. The van der Waals surface area contributed by atoms with Crippen molar-refractivity contribution >= 4 is 5.69 Å². The van der Waals surface area contributed by atoms with Gasteiger partial charge in [0.05, 0.1) is 4.92 Å². The van der Waals surface area contributed by atoms with Crippen molar-refractivity contribution < 1.29 is 19.2 Å². The number of benzene rings is 2. The number of rotatable bonds is 6. The maximum Gasteiger partial charge on any atom is 0.272 e. The van der Waals surface area contributed by atoms with Crippen molar-refractivity contribution in [1.82, 2.24) is 4.90 Å². The zero-order valence-corrected chi connectivity index (χ0v) is 13.6. The minimum Gasteiger partial charge on any atom is -0.491 e. The molecule has 0 spiro atoms. The number of nitrogens with zero attached hydrogens (tertiary/aromatic N) is 2. The molecule has 0 bridgehead atoms. The third-order valence-electron chi connectivity index (χ3n) is 4.24. The summed E-state index contributed by atoms with van der Waals surface area (Å²) in [5, 5.41) is 21.2. The number of β-amino-alcohol motifs (C(OH)–C–C–N with tert-alkyl or cyclic N) is 1. The SMILES string of the molecule is O=[N+]([O-])c1cccc2c1CCN(CC(O)COc1ccc(F)cc1)C2. The molecule has 0 fully saturated rings. The van der Waals surface area contributed by atoms with E-state index in [9.17, 15) is 19.6 Å². The van der Waals surface area contributed by atoms with Crippen LogP contribution in [0, 0.1) is 15.9 Å². The van der Waals surface area contributed by atoms with Crippen LogP contribution in [-0.2, 0) is 13.0 Å². The lowest BCUT2D eigenvalue weighted by Crippen LogP contribution is -2.39. The Kier molecular flexibility index (Phi) is 5.25. The number of nitro groups is 1. The van der Waals surface area contributed by atoms with Crippen LogP contribution in [-0.4, -0.2) is 40.7 Å². The predicted molar refractivity (Wildman–Crippen MR) is 90.0 cm³/mol. The number of hydrogen-bond acceptors (Lipinski definition) is 5. The summed E-state index contributed by atoms with van der Waals surface area (Å²) in [4.78, 5) is 12.8. The Labute approximate surface area is 144 Å². The molecular weight excluding hydrogens is 327 g/mol. The molecule has 0 radical (unpaired) electrons. The summed E-state index contributed by atoms with van der Waals surface area (Å²) >= 11 is 0. The molecule has 2 aromatic rings. The molecule has 1 heterocycles. The molecule has 0 aliphatic carbocycles. The first-order valence-corrected chi connectivity index (χ1v) is 8.07. The van der Waals surface area contributed by atoms with Crippen molar-refractivity contribution in [1.29, 1.82) is 0 Å². The fourth-order valence-electron chi connectivity index (χ4n) is 3.05. The first kappa shape index (κ1) is 17.3. The maximum atomic E-state index is 12.8. The van der Waals surface area contributed by atoms with E-state index in [0.29, 0.717) is 31.8 Å². The fraction of sp³-hybridized carbons (Fsp3) is 0.333. The quantitative estimate of drug-likeness (QED) is 0.642. The minimum atomic E-state index is -0.703. The van der Waals surface area contributed by atoms with Gasteiger partial charge < -0.3 is 9.84 Å². The Balaban J connectivity index is 1.55. The third kappa shape index (κ3) is 4.32. The Morgan fingerprint density at radius 2 is 2.04 bits per heavy atom. The van der Waals surface area contributed by atoms with Crippen LogP contribution in [0.2, 0.25) is 0 Å². The summed E-state index contributed by atoms with van der Waals surface area (Å²) in [6.45, 7) is 1.71. The van der Waals surface area contributed by atoms with Gasteiger partial charge in [-0.3, -0.25) is 15.0 Å². The van der Waals surface area contributed by atoms with Crippen molar-refractivity contribution in [2.75, 3.05) is 19.7 Å². The molecule has 1 aliphatic heterocycles. The second kappa shape index (κ2) is 7.58. The highest BCUT2D eigenvalue weighted by Gasteiger charge is 2.24. The first-order chi connectivity index (χ1) is 12.0. The molecule has 0 amide bonds. The van der Waals surface area contributed by atoms with Gasteiger partial charge in [-0.25, -0.2) is 4.39 Å². The van der Waals surface area contributed by atoms with E-state index in [-0.39, 0.29) is 23.0 Å². The fourth-order valence-corrected chi connectivity index (χ4v) is 3.05. The molecule has 3 rings (SSSR count). The molecule has 1 atom stereocenters. The molecule has 0 saturated carbocycles. The molecule has 0 aromatic heterocycles. The summed E-state index contributed by atoms with van der Waals surface area (Å²) in [6, 6.07) is 10.7. The van der Waals surface area contributed by atoms with E-state index in [2.05, 4.69) is 0 Å². The topological polar surface area (TPSA) is 75.8 Å². The number of halogens is 1. The van der Waals surface area contributed by atoms with Crippen LogP contribution in [0.25, 0.3) is 0 Å². The van der Waals surface area contributed by atoms with Gasteiger partial charge in [-0.05, 0) is 36.2 Å². The van der Waals surface area contributed by atoms with Gasteiger partial charge in [0.1, 0.15) is 24.3 Å². The number of aliphatic hydroxyl groups excluding tert-OH is 1. The molecular formula is C18H19FN2O4. The summed E-state index contributed by atoms with van der Waals surface area (Å²) in [5.41, 5.74) is 1.87. The number of nitro benzene ring substituents is 1. The van der Waals surface area contributed by atoms with Crippen LogP contribution in [0.3, 0.4) is 0 Å². The molecule has 0 saturated heterocycles. The van der Waals surface area contributed by atoms with Crippen LogP contribution in [0.1, 0.15) is 11.1 Å². The lowest BCUT2D eigenvalue weighted by Gasteiger charge is -2.30. The van der Waals surface area contributed by atoms with E-state index >= 15 is 0 Å². The maximum absolute atomic E-state index is 12.8. The van der Waals surface area contributed by atoms with Crippen LogP contribution >= 0.6 is 0 Å². The van der Waals surface area contributed by atoms with E-state index in [1.54, 1.807) is 6.07 Å². The Morgan fingerprint density at radius 1 is 1.28 bits per heavy atom. The van der Waals surface area contributed by atoms with Gasteiger partial charge in [-0.15, -0.1) is 0 Å². The summed E-state index contributed by atoms with van der Waals surface area (Å²) < 4.78 is 18.3. The Hall–Kier alpha value is -2.51. The van der Waals surface area contributed by atoms with Gasteiger partial charge in [0.15, 0.2) is 0 Å². The smallest absolute Gasteiger partial charge is 0.272 e. The molecule has 1 unspecified atom stereocenters. The van der Waals surface area contributed by atoms with Gasteiger partial charge in [0.2, 0.25) is 0 Å². The van der Waals surface area contributed by atoms with Crippen molar-refractivity contribution in [3.05, 3.63) is 69.5 Å². The standard InChI is InChI=1S/C18H19FN2O4/c19-14-4-6-16(7-5-14)25-12-15(22)11-20-9-8-17-13(10-20)2-1-3-18(17)21(23)24/h1-7,15,22H,8-12H2. The number of hydrogen-bond donors (Lipinski definition) is 1. The van der Waals surface area contributed by atoms with Gasteiger partial charge in [0.25, 0.3) is 5.69 Å². The normalized spacial score (nSPS) is 15.4. The minimum absolute atomic E-state index is 0.101. The van der Waals surface area contributed by atoms with Crippen molar-refractivity contribution in [2.45, 2.75) is 19.1 Å². The molecule has 6 nitrogen and oxygen atoms in total. The number of fused-ring (bicyclic) bond motifs is 1. The van der Waals surface area contributed by atoms with Crippen LogP contribution in [0.15, 0.2) is 42.5 Å². The predicted octanol–water partition coefficient (Wildman–Crippen LogP) is 2.53. The molecule has 132 valence electrons. The highest BCUT2D eigenvalue weighted by Crippen LogP contribution is 2.27. The molecule has 1 aliphatic rings. The van der Waals surface area contributed by atoms with E-state index in [1.165, 1.54) is 30.3 Å². The van der Waals surface area contributed by atoms with Gasteiger partial charge in [-0.2, -0.15) is 0 Å². The zero-order valence-electron chi connectivity index (χ0n) is 13.6. The summed E-state index contributed by atoms with van der Waals surface area (Å²) in [5.74, 6) is 0.161. The summed E-state index contributed by atoms with van der Waals surface area (Å²) in [7, 11) is 0. The molecule has 1 N–H and O–H groups in total. The Morgan fingerprint density at radius 3 is 2.76 bits per heavy atom. The molecule has 2 aromatic carbocycles. The van der Waals surface area contributed by atoms with E-state index in [0.717, 1.165) is 11.1 Å². The van der Waals surface area contributed by atoms with E-state index in [1.807, 2.05) is 11.0 Å². The van der Waals surface area contributed by atoms with Crippen molar-refractivity contribution in [3.63, 3.8) is 0 Å². The Bertz CT molecular complexity index is 751. The van der Waals surface area contributed by atoms with Crippen LogP contribution in [0.4, 0.5) is 10.1 Å². The van der Waals surface area contributed by atoms with Gasteiger partial charge in [-0.1, -0.05) is 12.1 Å². The number of aliphatic hydroxyl groups is 1. The van der Waals surface area contributed by atoms with Gasteiger partial charge >= 0.3 is 0 Å². The average molecular weight is 346 g/mol. The van der Waals surface area contributed by atoms with Crippen molar-refractivity contribution in [2.24, 2.45) is 0 Å². The highest BCUT2D eigenvalue weighted by molar-refractivity contribution is 5.46.